The minimum atomic E-state index is -1.01. The molecular formula is C20H26ClN5O4. The highest BCUT2D eigenvalue weighted by molar-refractivity contribution is 5.85. The van der Waals surface area contributed by atoms with Gasteiger partial charge in [0.25, 0.3) is 5.56 Å². The highest BCUT2D eigenvalue weighted by atomic mass is 35.5. The number of hydrogen-bond donors (Lipinski definition) is 1. The van der Waals surface area contributed by atoms with Gasteiger partial charge in [-0.05, 0) is 5.56 Å². The second-order valence-corrected chi connectivity index (χ2v) is 7.27. The lowest BCUT2D eigenvalue weighted by molar-refractivity contribution is 0.0362. The SMILES string of the molecule is Cl.Cn1c(=O)c2c(nc(C(O)c3ccccc3)n2CCN2CCOCC2)n(C)c1=O. The molecule has 3 heterocycles. The summed E-state index contributed by atoms with van der Waals surface area (Å²) in [6.07, 6.45) is -1.01. The standard InChI is InChI=1S/C20H25N5O4.ClH/c1-22-17-15(19(27)23(2)20(22)28)25(9-8-24-10-12-29-13-11-24)18(21-17)16(26)14-6-4-3-5-7-14;/h3-7,16,26H,8-13H2,1-2H3;1H. The Kier molecular flexibility index (Phi) is 6.77. The van der Waals surface area contributed by atoms with E-state index in [0.717, 1.165) is 17.7 Å². The number of ether oxygens (including phenoxy) is 1. The van der Waals surface area contributed by atoms with Crippen molar-refractivity contribution in [3.63, 3.8) is 0 Å². The molecule has 10 heteroatoms. The van der Waals surface area contributed by atoms with Crippen LogP contribution in [0.1, 0.15) is 17.5 Å². The Labute approximate surface area is 179 Å². The molecule has 162 valence electrons. The Hall–Kier alpha value is -2.46. The van der Waals surface area contributed by atoms with E-state index in [0.29, 0.717) is 43.2 Å². The molecule has 3 aromatic rings. The van der Waals surface area contributed by atoms with Crippen molar-refractivity contribution in [3.05, 3.63) is 62.6 Å². The topological polar surface area (TPSA) is 94.5 Å². The van der Waals surface area contributed by atoms with Crippen LogP contribution in [0, 0.1) is 0 Å². The molecule has 0 aliphatic carbocycles. The molecule has 2 aromatic heterocycles. The number of aromatic nitrogens is 4. The Bertz CT molecular complexity index is 1130. The lowest BCUT2D eigenvalue weighted by Gasteiger charge is -2.27. The van der Waals surface area contributed by atoms with Gasteiger partial charge in [-0.15, -0.1) is 12.4 Å². The summed E-state index contributed by atoms with van der Waals surface area (Å²) in [5.41, 5.74) is 0.431. The number of imidazole rings is 1. The average Bonchev–Trinajstić information content (AvgIpc) is 3.15. The van der Waals surface area contributed by atoms with Gasteiger partial charge in [0.2, 0.25) is 0 Å². The zero-order valence-corrected chi connectivity index (χ0v) is 17.8. The fourth-order valence-corrected chi connectivity index (χ4v) is 3.75. The van der Waals surface area contributed by atoms with E-state index in [9.17, 15) is 14.7 Å². The molecule has 1 atom stereocenters. The normalized spacial score (nSPS) is 15.8. The molecule has 1 aliphatic rings. The third-order valence-electron chi connectivity index (χ3n) is 5.48. The summed E-state index contributed by atoms with van der Waals surface area (Å²) in [5.74, 6) is 0.359. The lowest BCUT2D eigenvalue weighted by Crippen LogP contribution is -2.39. The number of rotatable bonds is 5. The number of halogens is 1. The van der Waals surface area contributed by atoms with Crippen LogP contribution in [0.3, 0.4) is 0 Å². The maximum atomic E-state index is 12.9. The Morgan fingerprint density at radius 3 is 2.40 bits per heavy atom. The van der Waals surface area contributed by atoms with E-state index < -0.39 is 17.4 Å². The number of morpholine rings is 1. The van der Waals surface area contributed by atoms with E-state index >= 15 is 0 Å². The summed E-state index contributed by atoms with van der Waals surface area (Å²) >= 11 is 0. The second kappa shape index (κ2) is 9.13. The fraction of sp³-hybridized carbons (Fsp3) is 0.450. The van der Waals surface area contributed by atoms with E-state index in [4.69, 9.17) is 4.74 Å². The van der Waals surface area contributed by atoms with Gasteiger partial charge in [-0.3, -0.25) is 18.8 Å². The van der Waals surface area contributed by atoms with Gasteiger partial charge in [0.15, 0.2) is 11.2 Å². The van der Waals surface area contributed by atoms with Crippen LogP contribution >= 0.6 is 12.4 Å². The van der Waals surface area contributed by atoms with Crippen molar-refractivity contribution in [3.8, 4) is 0 Å². The minimum Gasteiger partial charge on any atom is -0.380 e. The molecule has 0 bridgehead atoms. The van der Waals surface area contributed by atoms with Crippen molar-refractivity contribution in [2.75, 3.05) is 32.8 Å². The molecule has 0 radical (unpaired) electrons. The van der Waals surface area contributed by atoms with Gasteiger partial charge >= 0.3 is 5.69 Å². The van der Waals surface area contributed by atoms with Gasteiger partial charge < -0.3 is 14.4 Å². The summed E-state index contributed by atoms with van der Waals surface area (Å²) in [5, 5.41) is 11.0. The van der Waals surface area contributed by atoms with Crippen molar-refractivity contribution < 1.29 is 9.84 Å². The van der Waals surface area contributed by atoms with Crippen LogP contribution in [0.15, 0.2) is 39.9 Å². The number of aryl methyl sites for hydroxylation is 1. The zero-order valence-electron chi connectivity index (χ0n) is 17.0. The van der Waals surface area contributed by atoms with Gasteiger partial charge in [0, 0.05) is 40.3 Å². The summed E-state index contributed by atoms with van der Waals surface area (Å²) in [6.45, 7) is 4.17. The second-order valence-electron chi connectivity index (χ2n) is 7.27. The molecular weight excluding hydrogens is 410 g/mol. The van der Waals surface area contributed by atoms with Crippen LogP contribution in [-0.4, -0.2) is 61.5 Å². The quantitative estimate of drug-likeness (QED) is 0.618. The van der Waals surface area contributed by atoms with E-state index in [-0.39, 0.29) is 18.1 Å². The first-order valence-corrected chi connectivity index (χ1v) is 9.68. The molecule has 1 fully saturated rings. The molecule has 1 N–H and O–H groups in total. The molecule has 1 unspecified atom stereocenters. The minimum absolute atomic E-state index is 0. The van der Waals surface area contributed by atoms with Gasteiger partial charge in [-0.1, -0.05) is 30.3 Å². The highest BCUT2D eigenvalue weighted by Gasteiger charge is 2.24. The van der Waals surface area contributed by atoms with Crippen LogP contribution in [-0.2, 0) is 25.4 Å². The number of aliphatic hydroxyl groups is 1. The number of aliphatic hydroxyl groups excluding tert-OH is 1. The zero-order chi connectivity index (χ0) is 20.5. The predicted octanol–water partition coefficient (Wildman–Crippen LogP) is 0.269. The van der Waals surface area contributed by atoms with Gasteiger partial charge in [-0.2, -0.15) is 0 Å². The van der Waals surface area contributed by atoms with Crippen molar-refractivity contribution in [2.45, 2.75) is 12.6 Å². The number of hydrogen-bond acceptors (Lipinski definition) is 6. The maximum Gasteiger partial charge on any atom is 0.332 e. The van der Waals surface area contributed by atoms with E-state index in [1.807, 2.05) is 30.3 Å². The van der Waals surface area contributed by atoms with E-state index in [1.54, 1.807) is 11.6 Å². The predicted molar refractivity (Wildman–Crippen MR) is 115 cm³/mol. The van der Waals surface area contributed by atoms with E-state index in [1.165, 1.54) is 11.6 Å². The Balaban J connectivity index is 0.00000256. The van der Waals surface area contributed by atoms with Gasteiger partial charge in [-0.25, -0.2) is 9.78 Å². The first kappa shape index (κ1) is 22.2. The third kappa shape index (κ3) is 3.93. The summed E-state index contributed by atoms with van der Waals surface area (Å²) in [6, 6.07) is 9.18. The van der Waals surface area contributed by atoms with E-state index in [2.05, 4.69) is 9.88 Å². The molecule has 1 aromatic carbocycles. The Morgan fingerprint density at radius 2 is 1.73 bits per heavy atom. The summed E-state index contributed by atoms with van der Waals surface area (Å²) in [4.78, 5) is 32.1. The maximum absolute atomic E-state index is 12.9. The largest absolute Gasteiger partial charge is 0.380 e. The number of fused-ring (bicyclic) bond motifs is 1. The van der Waals surface area contributed by atoms with Gasteiger partial charge in [0.05, 0.1) is 13.2 Å². The monoisotopic (exact) mass is 435 g/mol. The molecule has 0 spiro atoms. The van der Waals surface area contributed by atoms with Crippen molar-refractivity contribution >= 4 is 23.6 Å². The highest BCUT2D eigenvalue weighted by Crippen LogP contribution is 2.24. The van der Waals surface area contributed by atoms with Crippen LogP contribution in [0.25, 0.3) is 11.2 Å². The first-order chi connectivity index (χ1) is 14.0. The number of nitrogens with zero attached hydrogens (tertiary/aromatic N) is 5. The van der Waals surface area contributed by atoms with Crippen molar-refractivity contribution in [1.82, 2.24) is 23.6 Å². The van der Waals surface area contributed by atoms with Crippen LogP contribution < -0.4 is 11.2 Å². The molecule has 0 saturated carbocycles. The Morgan fingerprint density at radius 1 is 1.07 bits per heavy atom. The average molecular weight is 436 g/mol. The summed E-state index contributed by atoms with van der Waals surface area (Å²) in [7, 11) is 3.04. The molecule has 1 saturated heterocycles. The van der Waals surface area contributed by atoms with Gasteiger partial charge in [0.1, 0.15) is 11.9 Å². The summed E-state index contributed by atoms with van der Waals surface area (Å²) < 4.78 is 9.58. The van der Waals surface area contributed by atoms with Crippen molar-refractivity contribution in [1.29, 1.82) is 0 Å². The third-order valence-corrected chi connectivity index (χ3v) is 5.48. The number of benzene rings is 1. The molecule has 0 amide bonds. The van der Waals surface area contributed by atoms with Crippen LogP contribution in [0.4, 0.5) is 0 Å². The fourth-order valence-electron chi connectivity index (χ4n) is 3.75. The molecule has 9 nitrogen and oxygen atoms in total. The van der Waals surface area contributed by atoms with Crippen molar-refractivity contribution in [2.24, 2.45) is 14.1 Å². The smallest absolute Gasteiger partial charge is 0.332 e. The first-order valence-electron chi connectivity index (χ1n) is 9.68. The van der Waals surface area contributed by atoms with Crippen LogP contribution in [0.5, 0.6) is 0 Å². The molecule has 30 heavy (non-hydrogen) atoms. The molecule has 4 rings (SSSR count). The van der Waals surface area contributed by atoms with Crippen LogP contribution in [0.2, 0.25) is 0 Å². The lowest BCUT2D eigenvalue weighted by atomic mass is 10.1. The molecule has 1 aliphatic heterocycles.